The molecule has 9 heteroatoms. The van der Waals surface area contributed by atoms with Crippen LogP contribution in [-0.2, 0) is 23.8 Å². The van der Waals surface area contributed by atoms with E-state index in [4.69, 9.17) is 19.3 Å². The first kappa shape index (κ1) is 24.2. The zero-order chi connectivity index (χ0) is 23.5. The molecule has 176 valence electrons. The topological polar surface area (TPSA) is 123 Å². The van der Waals surface area contributed by atoms with Crippen LogP contribution < -0.4 is 10.6 Å². The normalized spacial score (nSPS) is 12.0. The van der Waals surface area contributed by atoms with E-state index < -0.39 is 12.1 Å². The predicted molar refractivity (Wildman–Crippen MR) is 120 cm³/mol. The Bertz CT molecular complexity index is 918. The van der Waals surface area contributed by atoms with Crippen molar-refractivity contribution < 1.29 is 33.7 Å². The first-order valence-electron chi connectivity index (χ1n) is 10.8. The molecule has 3 rings (SSSR count). The smallest absolute Gasteiger partial charge is 0.407 e. The lowest BCUT2D eigenvalue weighted by Gasteiger charge is -2.14. The summed E-state index contributed by atoms with van der Waals surface area (Å²) in [5.74, 6) is -1.26. The Kier molecular flexibility index (Phi) is 9.22. The third-order valence-corrected chi connectivity index (χ3v) is 5.12. The summed E-state index contributed by atoms with van der Waals surface area (Å²) in [4.78, 5) is 34.0. The standard InChI is InChI=1S/C24H28N2O7/c27-22(25-10-13-31-12-9-23(28)29)16-32-14-11-26-24(30)33-15-21-19-7-3-1-5-17(19)18-6-2-4-8-20(18)21/h1-8,21H,9-16H2,(H,25,27)(H,26,30)(H,28,29). The minimum absolute atomic E-state index is 0.00352. The number of amides is 2. The van der Waals surface area contributed by atoms with Crippen LogP contribution in [-0.4, -0.2) is 69.2 Å². The molecular formula is C24H28N2O7. The maximum atomic E-state index is 12.1. The summed E-state index contributed by atoms with van der Waals surface area (Å²) < 4.78 is 15.7. The van der Waals surface area contributed by atoms with Crippen molar-refractivity contribution in [3.8, 4) is 11.1 Å². The van der Waals surface area contributed by atoms with Gasteiger partial charge in [0.1, 0.15) is 13.2 Å². The van der Waals surface area contributed by atoms with Crippen molar-refractivity contribution in [2.24, 2.45) is 0 Å². The molecule has 2 aromatic carbocycles. The van der Waals surface area contributed by atoms with Crippen molar-refractivity contribution in [2.45, 2.75) is 12.3 Å². The van der Waals surface area contributed by atoms with E-state index >= 15 is 0 Å². The number of aliphatic carboxylic acids is 1. The van der Waals surface area contributed by atoms with E-state index in [0.717, 1.165) is 11.1 Å². The van der Waals surface area contributed by atoms with Crippen LogP contribution in [0.5, 0.6) is 0 Å². The number of ether oxygens (including phenoxy) is 3. The minimum atomic E-state index is -0.931. The summed E-state index contributed by atoms with van der Waals surface area (Å²) in [6.45, 7) is 1.04. The Labute approximate surface area is 192 Å². The first-order valence-corrected chi connectivity index (χ1v) is 10.8. The zero-order valence-electron chi connectivity index (χ0n) is 18.2. The van der Waals surface area contributed by atoms with Gasteiger partial charge < -0.3 is 30.0 Å². The molecule has 0 radical (unpaired) electrons. The molecule has 0 saturated carbocycles. The van der Waals surface area contributed by atoms with E-state index in [9.17, 15) is 14.4 Å². The number of hydrogen-bond acceptors (Lipinski definition) is 6. The van der Waals surface area contributed by atoms with Crippen LogP contribution in [0.15, 0.2) is 48.5 Å². The fraction of sp³-hybridized carbons (Fsp3) is 0.375. The van der Waals surface area contributed by atoms with E-state index in [1.54, 1.807) is 0 Å². The third kappa shape index (κ3) is 7.30. The fourth-order valence-corrected chi connectivity index (χ4v) is 3.61. The first-order chi connectivity index (χ1) is 16.1. The van der Waals surface area contributed by atoms with Crippen molar-refractivity contribution >= 4 is 18.0 Å². The molecule has 0 saturated heterocycles. The maximum Gasteiger partial charge on any atom is 0.407 e. The number of nitrogens with one attached hydrogen (secondary N) is 2. The Morgan fingerprint density at radius 2 is 1.42 bits per heavy atom. The largest absolute Gasteiger partial charge is 0.481 e. The van der Waals surface area contributed by atoms with Gasteiger partial charge in [-0.15, -0.1) is 0 Å². The average molecular weight is 456 g/mol. The van der Waals surface area contributed by atoms with E-state index in [0.29, 0.717) is 0 Å². The molecule has 0 heterocycles. The number of carboxylic acids is 1. The quantitative estimate of drug-likeness (QED) is 0.395. The van der Waals surface area contributed by atoms with Gasteiger partial charge in [0.15, 0.2) is 0 Å². The van der Waals surface area contributed by atoms with Crippen LogP contribution in [0.3, 0.4) is 0 Å². The SMILES string of the molecule is O=C(O)CCOCCNC(=O)COCCNC(=O)OCC1c2ccccc2-c2ccccc21. The molecular weight excluding hydrogens is 428 g/mol. The molecule has 1 aliphatic carbocycles. The van der Waals surface area contributed by atoms with Gasteiger partial charge in [-0.25, -0.2) is 4.79 Å². The molecule has 33 heavy (non-hydrogen) atoms. The molecule has 1 aliphatic rings. The number of carbonyl (C=O) groups is 3. The van der Waals surface area contributed by atoms with Crippen LogP contribution in [0.1, 0.15) is 23.5 Å². The molecule has 0 bridgehead atoms. The highest BCUT2D eigenvalue weighted by Crippen LogP contribution is 2.44. The van der Waals surface area contributed by atoms with Gasteiger partial charge in [-0.2, -0.15) is 0 Å². The Balaban J connectivity index is 1.27. The predicted octanol–water partition coefficient (Wildman–Crippen LogP) is 2.15. The van der Waals surface area contributed by atoms with Gasteiger partial charge in [-0.05, 0) is 22.3 Å². The molecule has 0 aliphatic heterocycles. The summed E-state index contributed by atoms with van der Waals surface area (Å²) in [6, 6.07) is 16.2. The highest BCUT2D eigenvalue weighted by atomic mass is 16.5. The summed E-state index contributed by atoms with van der Waals surface area (Å²) in [6.07, 6.45) is -0.614. The zero-order valence-corrected chi connectivity index (χ0v) is 18.2. The van der Waals surface area contributed by atoms with Crippen LogP contribution in [0.2, 0.25) is 0 Å². The van der Waals surface area contributed by atoms with Crippen LogP contribution in [0.4, 0.5) is 4.79 Å². The summed E-state index contributed by atoms with van der Waals surface area (Å²) >= 11 is 0. The Morgan fingerprint density at radius 1 is 0.818 bits per heavy atom. The third-order valence-electron chi connectivity index (χ3n) is 5.12. The number of fused-ring (bicyclic) bond motifs is 3. The lowest BCUT2D eigenvalue weighted by atomic mass is 9.98. The summed E-state index contributed by atoms with van der Waals surface area (Å²) in [7, 11) is 0. The number of alkyl carbamates (subject to hydrolysis) is 1. The number of hydrogen-bond donors (Lipinski definition) is 3. The molecule has 0 spiro atoms. The molecule has 0 unspecified atom stereocenters. The molecule has 0 fully saturated rings. The van der Waals surface area contributed by atoms with Crippen molar-refractivity contribution in [1.82, 2.24) is 10.6 Å². The molecule has 2 amide bonds. The molecule has 3 N–H and O–H groups in total. The van der Waals surface area contributed by atoms with E-state index in [1.165, 1.54) is 11.1 Å². The van der Waals surface area contributed by atoms with Gasteiger partial charge in [-0.1, -0.05) is 48.5 Å². The highest BCUT2D eigenvalue weighted by molar-refractivity contribution is 5.79. The van der Waals surface area contributed by atoms with Crippen LogP contribution in [0, 0.1) is 0 Å². The van der Waals surface area contributed by atoms with Crippen molar-refractivity contribution in [3.05, 3.63) is 59.7 Å². The number of carbonyl (C=O) groups excluding carboxylic acids is 2. The highest BCUT2D eigenvalue weighted by Gasteiger charge is 2.28. The van der Waals surface area contributed by atoms with Crippen molar-refractivity contribution in [1.29, 1.82) is 0 Å². The molecule has 0 atom stereocenters. The second-order valence-electron chi connectivity index (χ2n) is 7.41. The second kappa shape index (κ2) is 12.6. The van der Waals surface area contributed by atoms with E-state index in [2.05, 4.69) is 34.9 Å². The van der Waals surface area contributed by atoms with Crippen molar-refractivity contribution in [3.63, 3.8) is 0 Å². The second-order valence-corrected chi connectivity index (χ2v) is 7.41. The summed E-state index contributed by atoms with van der Waals surface area (Å²) in [5.41, 5.74) is 4.63. The number of rotatable bonds is 13. The van der Waals surface area contributed by atoms with Gasteiger partial charge in [-0.3, -0.25) is 9.59 Å². The lowest BCUT2D eigenvalue weighted by Crippen LogP contribution is -2.33. The molecule has 0 aromatic heterocycles. The Hall–Kier alpha value is -3.43. The minimum Gasteiger partial charge on any atom is -0.481 e. The van der Waals surface area contributed by atoms with Crippen LogP contribution in [0.25, 0.3) is 11.1 Å². The lowest BCUT2D eigenvalue weighted by molar-refractivity contribution is -0.138. The summed E-state index contributed by atoms with van der Waals surface area (Å²) in [5, 5.41) is 13.7. The van der Waals surface area contributed by atoms with E-state index in [-0.39, 0.29) is 64.4 Å². The number of benzene rings is 2. The molecule has 2 aromatic rings. The average Bonchev–Trinajstić information content (AvgIpc) is 3.13. The monoisotopic (exact) mass is 456 g/mol. The Morgan fingerprint density at radius 3 is 2.09 bits per heavy atom. The van der Waals surface area contributed by atoms with Gasteiger partial charge in [0.25, 0.3) is 0 Å². The van der Waals surface area contributed by atoms with Crippen LogP contribution >= 0.6 is 0 Å². The van der Waals surface area contributed by atoms with E-state index in [1.807, 2.05) is 24.3 Å². The fourth-order valence-electron chi connectivity index (χ4n) is 3.61. The van der Waals surface area contributed by atoms with Gasteiger partial charge >= 0.3 is 12.1 Å². The number of carboxylic acid groups (broad SMARTS) is 1. The molecule has 9 nitrogen and oxygen atoms in total. The maximum absolute atomic E-state index is 12.1. The van der Waals surface area contributed by atoms with Gasteiger partial charge in [0.05, 0.1) is 26.2 Å². The van der Waals surface area contributed by atoms with Crippen molar-refractivity contribution in [2.75, 3.05) is 46.1 Å². The van der Waals surface area contributed by atoms with Gasteiger partial charge in [0.2, 0.25) is 5.91 Å². The van der Waals surface area contributed by atoms with Gasteiger partial charge in [0, 0.05) is 19.0 Å².